The molecule has 0 aliphatic heterocycles. The van der Waals surface area contributed by atoms with Crippen molar-refractivity contribution in [3.63, 3.8) is 0 Å². The Balaban J connectivity index is 1.75. The van der Waals surface area contributed by atoms with E-state index in [0.717, 1.165) is 16.1 Å². The van der Waals surface area contributed by atoms with Gasteiger partial charge in [0.05, 0.1) is 36.3 Å². The van der Waals surface area contributed by atoms with Gasteiger partial charge in [-0.05, 0) is 48.9 Å². The molecule has 9 heteroatoms. The lowest BCUT2D eigenvalue weighted by Gasteiger charge is -2.22. The second-order valence-corrected chi connectivity index (χ2v) is 9.57. The Bertz CT molecular complexity index is 1250. The fraction of sp³-hybridized carbons (Fsp3) is 0.200. The maximum Gasteiger partial charge on any atom is 0.253 e. The number of amides is 2. The molecule has 8 nitrogen and oxygen atoms in total. The van der Waals surface area contributed by atoms with Crippen molar-refractivity contribution in [2.75, 3.05) is 29.5 Å². The molecule has 0 radical (unpaired) electrons. The van der Waals surface area contributed by atoms with Crippen LogP contribution in [0.3, 0.4) is 0 Å². The number of carbonyl (C=O) groups is 2. The molecular weight excluding hydrogens is 454 g/mol. The first kappa shape index (κ1) is 24.8. The van der Waals surface area contributed by atoms with Crippen molar-refractivity contribution in [3.8, 4) is 5.75 Å². The largest absolute Gasteiger partial charge is 0.497 e. The summed E-state index contributed by atoms with van der Waals surface area (Å²) in [6, 6.07) is 22.2. The predicted octanol–water partition coefficient (Wildman–Crippen LogP) is 3.59. The lowest BCUT2D eigenvalue weighted by atomic mass is 10.1. The normalized spacial score (nSPS) is 11.9. The molecule has 0 heterocycles. The van der Waals surface area contributed by atoms with E-state index in [9.17, 15) is 18.0 Å². The minimum absolute atomic E-state index is 0.242. The van der Waals surface area contributed by atoms with Gasteiger partial charge in [0.25, 0.3) is 5.91 Å². The molecule has 3 aromatic carbocycles. The number of ether oxygens (including phenoxy) is 1. The van der Waals surface area contributed by atoms with Crippen molar-refractivity contribution in [1.29, 1.82) is 0 Å². The van der Waals surface area contributed by atoms with E-state index in [-0.39, 0.29) is 23.2 Å². The standard InChI is InChI=1S/C25H27N3O5S/c1-18(19-9-5-4-6-10-19)26-25(30)22-11-7-8-12-23(22)27-24(29)17-28(34(3,31)32)20-13-15-21(33-2)16-14-20/h4-16,18H,17H2,1-3H3,(H,26,30)(H,27,29)/t18-/m1/s1. The molecule has 0 aromatic heterocycles. The molecule has 0 fully saturated rings. The van der Waals surface area contributed by atoms with Crippen LogP contribution in [0, 0.1) is 0 Å². The van der Waals surface area contributed by atoms with Crippen LogP contribution >= 0.6 is 0 Å². The van der Waals surface area contributed by atoms with Gasteiger partial charge in [0.15, 0.2) is 0 Å². The van der Waals surface area contributed by atoms with Crippen LogP contribution in [0.15, 0.2) is 78.9 Å². The van der Waals surface area contributed by atoms with Crippen molar-refractivity contribution in [3.05, 3.63) is 90.0 Å². The number of methoxy groups -OCH3 is 1. The highest BCUT2D eigenvalue weighted by Crippen LogP contribution is 2.22. The van der Waals surface area contributed by atoms with Crippen LogP contribution in [-0.4, -0.2) is 40.1 Å². The average Bonchev–Trinajstić information content (AvgIpc) is 2.82. The van der Waals surface area contributed by atoms with Gasteiger partial charge >= 0.3 is 0 Å². The van der Waals surface area contributed by atoms with Crippen LogP contribution in [0.25, 0.3) is 0 Å². The number of hydrogen-bond donors (Lipinski definition) is 2. The van der Waals surface area contributed by atoms with Gasteiger partial charge in [-0.1, -0.05) is 42.5 Å². The molecule has 0 bridgehead atoms. The molecule has 0 saturated carbocycles. The third kappa shape index (κ3) is 6.35. The molecule has 3 aromatic rings. The number of benzene rings is 3. The molecule has 0 spiro atoms. The summed E-state index contributed by atoms with van der Waals surface area (Å²) in [6.45, 7) is 1.41. The smallest absolute Gasteiger partial charge is 0.253 e. The Labute approximate surface area is 199 Å². The fourth-order valence-corrected chi connectivity index (χ4v) is 4.21. The van der Waals surface area contributed by atoms with E-state index in [1.807, 2.05) is 37.3 Å². The summed E-state index contributed by atoms with van der Waals surface area (Å²) in [5.74, 6) is -0.383. The van der Waals surface area contributed by atoms with E-state index < -0.39 is 22.5 Å². The van der Waals surface area contributed by atoms with E-state index in [0.29, 0.717) is 11.4 Å². The third-order valence-electron chi connectivity index (χ3n) is 5.14. The molecular formula is C25H27N3O5S. The number of carbonyl (C=O) groups excluding carboxylic acids is 2. The lowest BCUT2D eigenvalue weighted by Crippen LogP contribution is -2.37. The van der Waals surface area contributed by atoms with Gasteiger partial charge < -0.3 is 15.4 Å². The first-order valence-electron chi connectivity index (χ1n) is 10.6. The van der Waals surface area contributed by atoms with Gasteiger partial charge in [0, 0.05) is 0 Å². The Kier molecular flexibility index (Phi) is 7.91. The fourth-order valence-electron chi connectivity index (χ4n) is 3.36. The molecule has 34 heavy (non-hydrogen) atoms. The molecule has 2 amide bonds. The Morgan fingerprint density at radius 1 is 0.941 bits per heavy atom. The highest BCUT2D eigenvalue weighted by Gasteiger charge is 2.22. The molecule has 3 rings (SSSR count). The monoisotopic (exact) mass is 481 g/mol. The Hall–Kier alpha value is -3.85. The van der Waals surface area contributed by atoms with E-state index in [1.165, 1.54) is 7.11 Å². The first-order valence-corrected chi connectivity index (χ1v) is 12.4. The first-order chi connectivity index (χ1) is 16.2. The van der Waals surface area contributed by atoms with Gasteiger partial charge in [-0.3, -0.25) is 13.9 Å². The zero-order valence-electron chi connectivity index (χ0n) is 19.2. The maximum atomic E-state index is 12.9. The van der Waals surface area contributed by atoms with E-state index in [4.69, 9.17) is 4.74 Å². The van der Waals surface area contributed by atoms with Crippen molar-refractivity contribution in [1.82, 2.24) is 5.32 Å². The van der Waals surface area contributed by atoms with Crippen LogP contribution in [-0.2, 0) is 14.8 Å². The molecule has 178 valence electrons. The van der Waals surface area contributed by atoms with Crippen molar-refractivity contribution >= 4 is 33.2 Å². The minimum atomic E-state index is -3.75. The van der Waals surface area contributed by atoms with E-state index in [1.54, 1.807) is 48.5 Å². The van der Waals surface area contributed by atoms with Crippen LogP contribution in [0.5, 0.6) is 5.75 Å². The van der Waals surface area contributed by atoms with E-state index >= 15 is 0 Å². The summed E-state index contributed by atoms with van der Waals surface area (Å²) in [5, 5.41) is 5.59. The summed E-state index contributed by atoms with van der Waals surface area (Å²) >= 11 is 0. The number of sulfonamides is 1. The SMILES string of the molecule is COc1ccc(N(CC(=O)Nc2ccccc2C(=O)N[C@H](C)c2ccccc2)S(C)(=O)=O)cc1. The van der Waals surface area contributed by atoms with Crippen molar-refractivity contribution in [2.24, 2.45) is 0 Å². The predicted molar refractivity (Wildman–Crippen MR) is 133 cm³/mol. The van der Waals surface area contributed by atoms with Gasteiger partial charge in [0.1, 0.15) is 12.3 Å². The van der Waals surface area contributed by atoms with E-state index in [2.05, 4.69) is 10.6 Å². The van der Waals surface area contributed by atoms with Crippen LogP contribution in [0.1, 0.15) is 28.9 Å². The maximum absolute atomic E-state index is 12.9. The van der Waals surface area contributed by atoms with Gasteiger partial charge in [-0.25, -0.2) is 8.42 Å². The number of hydrogen-bond acceptors (Lipinski definition) is 5. The summed E-state index contributed by atoms with van der Waals surface area (Å²) in [7, 11) is -2.24. The molecule has 1 atom stereocenters. The molecule has 0 aliphatic carbocycles. The quantitative estimate of drug-likeness (QED) is 0.486. The number of nitrogens with zero attached hydrogens (tertiary/aromatic N) is 1. The number of anilines is 2. The average molecular weight is 482 g/mol. The summed E-state index contributed by atoms with van der Waals surface area (Å²) in [4.78, 5) is 25.7. The van der Waals surface area contributed by atoms with Crippen molar-refractivity contribution < 1.29 is 22.7 Å². The summed E-state index contributed by atoms with van der Waals surface area (Å²) in [6.07, 6.45) is 1.02. The molecule has 0 aliphatic rings. The van der Waals surface area contributed by atoms with Gasteiger partial charge in [-0.15, -0.1) is 0 Å². The number of nitrogens with one attached hydrogen (secondary N) is 2. The summed E-state index contributed by atoms with van der Waals surface area (Å²) < 4.78 is 30.8. The van der Waals surface area contributed by atoms with Crippen LogP contribution in [0.4, 0.5) is 11.4 Å². The van der Waals surface area contributed by atoms with Crippen LogP contribution < -0.4 is 19.7 Å². The zero-order valence-corrected chi connectivity index (χ0v) is 20.0. The van der Waals surface area contributed by atoms with Crippen molar-refractivity contribution in [2.45, 2.75) is 13.0 Å². The highest BCUT2D eigenvalue weighted by molar-refractivity contribution is 7.92. The Morgan fingerprint density at radius 2 is 1.56 bits per heavy atom. The van der Waals surface area contributed by atoms with Gasteiger partial charge in [-0.2, -0.15) is 0 Å². The zero-order chi connectivity index (χ0) is 24.7. The highest BCUT2D eigenvalue weighted by atomic mass is 32.2. The Morgan fingerprint density at radius 3 is 2.18 bits per heavy atom. The lowest BCUT2D eigenvalue weighted by molar-refractivity contribution is -0.114. The van der Waals surface area contributed by atoms with Gasteiger partial charge in [0.2, 0.25) is 15.9 Å². The molecule has 0 unspecified atom stereocenters. The molecule has 2 N–H and O–H groups in total. The third-order valence-corrected chi connectivity index (χ3v) is 6.28. The molecule has 0 saturated heterocycles. The minimum Gasteiger partial charge on any atom is -0.497 e. The number of rotatable bonds is 9. The van der Waals surface area contributed by atoms with Crippen LogP contribution in [0.2, 0.25) is 0 Å². The number of para-hydroxylation sites is 1. The second-order valence-electron chi connectivity index (χ2n) is 7.67. The second kappa shape index (κ2) is 10.8. The topological polar surface area (TPSA) is 105 Å². The summed E-state index contributed by atoms with van der Waals surface area (Å²) in [5.41, 5.74) is 1.82.